The first kappa shape index (κ1) is 21.6. The molecule has 1 heterocycles. The van der Waals surface area contributed by atoms with Crippen LogP contribution in [0.1, 0.15) is 74.8 Å². The molecule has 7 nitrogen and oxygen atoms in total. The van der Waals surface area contributed by atoms with E-state index < -0.39 is 6.17 Å². The van der Waals surface area contributed by atoms with Crippen molar-refractivity contribution in [3.63, 3.8) is 0 Å². The zero-order valence-corrected chi connectivity index (χ0v) is 16.6. The van der Waals surface area contributed by atoms with E-state index in [1.165, 1.54) is 32.1 Å². The molecular weight excluding hydrogens is 342 g/mol. The molecule has 1 aliphatic rings. The number of carbonyl (C=O) groups is 1. The second-order valence-electron chi connectivity index (χ2n) is 7.44. The lowest BCUT2D eigenvalue weighted by Gasteiger charge is -2.28. The lowest BCUT2D eigenvalue weighted by atomic mass is 9.94. The van der Waals surface area contributed by atoms with Crippen molar-refractivity contribution in [3.05, 3.63) is 23.4 Å². The topological polar surface area (TPSA) is 112 Å². The fraction of sp³-hybridized carbons (Fsp3) is 0.700. The molecule has 1 saturated carbocycles. The van der Waals surface area contributed by atoms with Gasteiger partial charge in [0, 0.05) is 18.6 Å². The lowest BCUT2D eigenvalue weighted by Crippen LogP contribution is -2.40. The highest BCUT2D eigenvalue weighted by molar-refractivity contribution is 5.98. The van der Waals surface area contributed by atoms with Crippen LogP contribution in [0.15, 0.2) is 12.1 Å². The Bertz CT molecular complexity index is 588. The SMILES string of the molecule is CCC(CCNc1nc(CO)ccc1C(=O)NC(C)N)NC1CCCCC1. The highest BCUT2D eigenvalue weighted by Gasteiger charge is 2.18. The van der Waals surface area contributed by atoms with Crippen LogP contribution >= 0.6 is 0 Å². The minimum Gasteiger partial charge on any atom is -0.390 e. The number of aliphatic hydroxyl groups excluding tert-OH is 1. The van der Waals surface area contributed by atoms with Crippen LogP contribution in [0, 0.1) is 0 Å². The quantitative estimate of drug-likeness (QED) is 0.399. The maximum absolute atomic E-state index is 12.3. The molecule has 0 spiro atoms. The summed E-state index contributed by atoms with van der Waals surface area (Å²) < 4.78 is 0. The predicted octanol–water partition coefficient (Wildman–Crippen LogP) is 2.11. The van der Waals surface area contributed by atoms with Gasteiger partial charge in [-0.1, -0.05) is 26.2 Å². The van der Waals surface area contributed by atoms with Gasteiger partial charge in [0.05, 0.1) is 24.0 Å². The van der Waals surface area contributed by atoms with Crippen molar-refractivity contribution in [1.82, 2.24) is 15.6 Å². The van der Waals surface area contributed by atoms with Crippen LogP contribution in [0.5, 0.6) is 0 Å². The number of hydrogen-bond acceptors (Lipinski definition) is 6. The summed E-state index contributed by atoms with van der Waals surface area (Å²) in [5.74, 6) is 0.226. The molecule has 0 saturated heterocycles. The Morgan fingerprint density at radius 3 is 2.70 bits per heavy atom. The maximum Gasteiger partial charge on any atom is 0.256 e. The average Bonchev–Trinajstić information content (AvgIpc) is 2.67. The molecule has 1 fully saturated rings. The summed E-state index contributed by atoms with van der Waals surface area (Å²) in [7, 11) is 0. The van der Waals surface area contributed by atoms with Gasteiger partial charge in [-0.15, -0.1) is 0 Å². The summed E-state index contributed by atoms with van der Waals surface area (Å²) >= 11 is 0. The molecule has 7 heteroatoms. The average molecular weight is 378 g/mol. The van der Waals surface area contributed by atoms with E-state index in [4.69, 9.17) is 5.73 Å². The smallest absolute Gasteiger partial charge is 0.256 e. The first-order valence-corrected chi connectivity index (χ1v) is 10.2. The maximum atomic E-state index is 12.3. The molecule has 27 heavy (non-hydrogen) atoms. The molecule has 2 rings (SSSR count). The molecule has 6 N–H and O–H groups in total. The number of aliphatic hydroxyl groups is 1. The van der Waals surface area contributed by atoms with Gasteiger partial charge in [-0.25, -0.2) is 4.98 Å². The van der Waals surface area contributed by atoms with E-state index in [1.54, 1.807) is 19.1 Å². The van der Waals surface area contributed by atoms with Crippen molar-refractivity contribution < 1.29 is 9.90 Å². The summed E-state index contributed by atoms with van der Waals surface area (Å²) in [4.78, 5) is 16.7. The molecule has 152 valence electrons. The third-order valence-corrected chi connectivity index (χ3v) is 5.07. The molecule has 0 aliphatic heterocycles. The van der Waals surface area contributed by atoms with E-state index in [0.29, 0.717) is 35.7 Å². The summed E-state index contributed by atoms with van der Waals surface area (Å²) in [6.45, 7) is 4.46. The zero-order chi connectivity index (χ0) is 19.6. The van der Waals surface area contributed by atoms with E-state index in [0.717, 1.165) is 12.8 Å². The molecule has 2 atom stereocenters. The van der Waals surface area contributed by atoms with Gasteiger partial charge < -0.3 is 26.8 Å². The third kappa shape index (κ3) is 7.08. The van der Waals surface area contributed by atoms with Crippen LogP contribution in [-0.2, 0) is 6.61 Å². The van der Waals surface area contributed by atoms with Crippen LogP contribution in [0.25, 0.3) is 0 Å². The van der Waals surface area contributed by atoms with Crippen molar-refractivity contribution in [1.29, 1.82) is 0 Å². The fourth-order valence-electron chi connectivity index (χ4n) is 3.56. The van der Waals surface area contributed by atoms with Crippen LogP contribution in [-0.4, -0.2) is 40.8 Å². The van der Waals surface area contributed by atoms with Gasteiger partial charge in [-0.2, -0.15) is 0 Å². The Hall–Kier alpha value is -1.70. The monoisotopic (exact) mass is 377 g/mol. The summed E-state index contributed by atoms with van der Waals surface area (Å²) in [5, 5.41) is 19.1. The number of hydrogen-bond donors (Lipinski definition) is 5. The van der Waals surface area contributed by atoms with Crippen molar-refractivity contribution in [3.8, 4) is 0 Å². The van der Waals surface area contributed by atoms with Crippen LogP contribution in [0.2, 0.25) is 0 Å². The largest absolute Gasteiger partial charge is 0.390 e. The molecule has 1 aliphatic carbocycles. The van der Waals surface area contributed by atoms with E-state index in [-0.39, 0.29) is 12.5 Å². The number of anilines is 1. The highest BCUT2D eigenvalue weighted by Crippen LogP contribution is 2.19. The highest BCUT2D eigenvalue weighted by atomic mass is 16.3. The van der Waals surface area contributed by atoms with Crippen LogP contribution in [0.4, 0.5) is 5.82 Å². The number of nitrogens with one attached hydrogen (secondary N) is 3. The molecule has 2 unspecified atom stereocenters. The number of aromatic nitrogens is 1. The van der Waals surface area contributed by atoms with Gasteiger partial charge in [0.15, 0.2) is 0 Å². The minimum atomic E-state index is -0.438. The summed E-state index contributed by atoms with van der Waals surface area (Å²) in [5.41, 5.74) is 6.63. The van der Waals surface area contributed by atoms with Gasteiger partial charge in [0.25, 0.3) is 5.91 Å². The van der Waals surface area contributed by atoms with Gasteiger partial charge >= 0.3 is 0 Å². The Morgan fingerprint density at radius 2 is 2.07 bits per heavy atom. The second kappa shape index (κ2) is 11.2. The molecule has 1 amide bonds. The zero-order valence-electron chi connectivity index (χ0n) is 16.6. The normalized spacial score (nSPS) is 17.3. The van der Waals surface area contributed by atoms with Gasteiger partial charge in [-0.3, -0.25) is 4.79 Å². The first-order chi connectivity index (χ1) is 13.0. The Kier molecular flexibility index (Phi) is 8.97. The van der Waals surface area contributed by atoms with E-state index in [2.05, 4.69) is 27.9 Å². The van der Waals surface area contributed by atoms with Gasteiger partial charge in [0.2, 0.25) is 0 Å². The lowest BCUT2D eigenvalue weighted by molar-refractivity contribution is 0.0941. The number of amides is 1. The van der Waals surface area contributed by atoms with E-state index in [9.17, 15) is 9.90 Å². The number of carbonyl (C=O) groups excluding carboxylic acids is 1. The van der Waals surface area contributed by atoms with Crippen molar-refractivity contribution in [2.75, 3.05) is 11.9 Å². The summed E-state index contributed by atoms with van der Waals surface area (Å²) in [6.07, 6.45) is 8.12. The number of rotatable bonds is 10. The van der Waals surface area contributed by atoms with Crippen molar-refractivity contribution in [2.24, 2.45) is 5.73 Å². The summed E-state index contributed by atoms with van der Waals surface area (Å²) in [6, 6.07) is 4.41. The number of nitrogens with zero attached hydrogens (tertiary/aromatic N) is 1. The number of pyridine rings is 1. The minimum absolute atomic E-state index is 0.162. The van der Waals surface area contributed by atoms with Gasteiger partial charge in [-0.05, 0) is 44.7 Å². The van der Waals surface area contributed by atoms with Crippen LogP contribution in [0.3, 0.4) is 0 Å². The standard InChI is InChI=1S/C20H35N5O2/c1-3-15(24-16-7-5-4-6-8-16)11-12-22-19-18(20(27)23-14(2)21)10-9-17(13-26)25-19/h9-10,14-16,24,26H,3-8,11-13,21H2,1-2H3,(H,22,25)(H,23,27). The van der Waals surface area contributed by atoms with Gasteiger partial charge in [0.1, 0.15) is 5.82 Å². The Labute approximate surface area is 162 Å². The fourth-order valence-corrected chi connectivity index (χ4v) is 3.56. The molecular formula is C20H35N5O2. The Balaban J connectivity index is 1.94. The number of nitrogens with two attached hydrogens (primary N) is 1. The van der Waals surface area contributed by atoms with Crippen molar-refractivity contribution >= 4 is 11.7 Å². The first-order valence-electron chi connectivity index (χ1n) is 10.2. The Morgan fingerprint density at radius 1 is 1.33 bits per heavy atom. The molecule has 0 radical (unpaired) electrons. The van der Waals surface area contributed by atoms with E-state index >= 15 is 0 Å². The molecule has 0 bridgehead atoms. The van der Waals surface area contributed by atoms with Crippen LogP contribution < -0.4 is 21.7 Å². The third-order valence-electron chi connectivity index (χ3n) is 5.07. The molecule has 1 aromatic rings. The molecule has 1 aromatic heterocycles. The van der Waals surface area contributed by atoms with E-state index in [1.807, 2.05) is 0 Å². The predicted molar refractivity (Wildman–Crippen MR) is 108 cm³/mol. The van der Waals surface area contributed by atoms with Crippen molar-refractivity contribution in [2.45, 2.75) is 83.6 Å². The second-order valence-corrected chi connectivity index (χ2v) is 7.44. The molecule has 0 aromatic carbocycles.